The lowest BCUT2D eigenvalue weighted by Crippen LogP contribution is -2.12. The zero-order valence-electron chi connectivity index (χ0n) is 8.81. The average Bonchev–Trinajstić information content (AvgIpc) is 2.77. The minimum Gasteiger partial charge on any atom is -0.325 e. The van der Waals surface area contributed by atoms with Gasteiger partial charge in [0.1, 0.15) is 10.7 Å². The van der Waals surface area contributed by atoms with Crippen molar-refractivity contribution in [1.82, 2.24) is 4.98 Å². The molecule has 1 aromatic carbocycles. The molecule has 4 nitrogen and oxygen atoms in total. The summed E-state index contributed by atoms with van der Waals surface area (Å²) in [5, 5.41) is 5.27. The van der Waals surface area contributed by atoms with E-state index in [-0.39, 0.29) is 5.91 Å². The maximum atomic E-state index is 11.8. The van der Waals surface area contributed by atoms with Crippen LogP contribution >= 0.6 is 33.9 Å². The van der Waals surface area contributed by atoms with E-state index < -0.39 is 0 Å². The van der Waals surface area contributed by atoms with Crippen molar-refractivity contribution in [3.8, 4) is 0 Å². The SMILES string of the molecule is NCc1nc(C(=O)Nc2cccc(I)c2)cs1. The van der Waals surface area contributed by atoms with Gasteiger partial charge in [0, 0.05) is 21.2 Å². The van der Waals surface area contributed by atoms with Crippen molar-refractivity contribution in [2.45, 2.75) is 6.54 Å². The number of carbonyl (C=O) groups is 1. The molecule has 0 saturated heterocycles. The third-order valence-electron chi connectivity index (χ3n) is 2.04. The molecule has 0 atom stereocenters. The van der Waals surface area contributed by atoms with E-state index in [1.54, 1.807) is 5.38 Å². The molecule has 0 aliphatic heterocycles. The van der Waals surface area contributed by atoms with Crippen LogP contribution in [0.1, 0.15) is 15.5 Å². The number of amides is 1. The third-order valence-corrected chi connectivity index (χ3v) is 3.58. The first-order valence-corrected chi connectivity index (χ1v) is 6.86. The first kappa shape index (κ1) is 12.5. The smallest absolute Gasteiger partial charge is 0.275 e. The van der Waals surface area contributed by atoms with Gasteiger partial charge in [0.05, 0.1) is 0 Å². The molecule has 88 valence electrons. The van der Waals surface area contributed by atoms with Gasteiger partial charge in [-0.3, -0.25) is 4.79 Å². The molecule has 0 aliphatic rings. The lowest BCUT2D eigenvalue weighted by molar-refractivity contribution is 0.102. The molecule has 2 aromatic rings. The van der Waals surface area contributed by atoms with Gasteiger partial charge in [-0.15, -0.1) is 11.3 Å². The molecule has 0 aliphatic carbocycles. The van der Waals surface area contributed by atoms with Crippen LogP contribution in [0, 0.1) is 3.57 Å². The van der Waals surface area contributed by atoms with Crippen LogP contribution in [0.4, 0.5) is 5.69 Å². The summed E-state index contributed by atoms with van der Waals surface area (Å²) in [5.41, 5.74) is 6.63. The number of nitrogens with zero attached hydrogens (tertiary/aromatic N) is 1. The summed E-state index contributed by atoms with van der Waals surface area (Å²) in [6, 6.07) is 7.60. The number of benzene rings is 1. The number of hydrogen-bond acceptors (Lipinski definition) is 4. The van der Waals surface area contributed by atoms with Crippen molar-refractivity contribution >= 4 is 45.5 Å². The zero-order chi connectivity index (χ0) is 12.3. The second-order valence-corrected chi connectivity index (χ2v) is 5.48. The highest BCUT2D eigenvalue weighted by Crippen LogP contribution is 2.15. The summed E-state index contributed by atoms with van der Waals surface area (Å²) in [6.45, 7) is 0.362. The lowest BCUT2D eigenvalue weighted by atomic mass is 10.3. The van der Waals surface area contributed by atoms with Crippen molar-refractivity contribution in [2.24, 2.45) is 5.73 Å². The van der Waals surface area contributed by atoms with Crippen molar-refractivity contribution in [1.29, 1.82) is 0 Å². The number of carbonyl (C=O) groups excluding carboxylic acids is 1. The summed E-state index contributed by atoms with van der Waals surface area (Å²) in [5.74, 6) is -0.206. The van der Waals surface area contributed by atoms with E-state index >= 15 is 0 Å². The van der Waals surface area contributed by atoms with Crippen molar-refractivity contribution < 1.29 is 4.79 Å². The third kappa shape index (κ3) is 3.24. The number of nitrogens with two attached hydrogens (primary N) is 1. The predicted molar refractivity (Wildman–Crippen MR) is 77.1 cm³/mol. The fourth-order valence-corrected chi connectivity index (χ4v) is 2.47. The van der Waals surface area contributed by atoms with Gasteiger partial charge < -0.3 is 11.1 Å². The highest BCUT2D eigenvalue weighted by molar-refractivity contribution is 14.1. The summed E-state index contributed by atoms with van der Waals surface area (Å²) in [4.78, 5) is 16.0. The Labute approximate surface area is 116 Å². The van der Waals surface area contributed by atoms with E-state index in [9.17, 15) is 4.79 Å². The number of nitrogens with one attached hydrogen (secondary N) is 1. The molecule has 0 saturated carbocycles. The summed E-state index contributed by atoms with van der Waals surface area (Å²) in [6.07, 6.45) is 0. The van der Waals surface area contributed by atoms with E-state index in [0.29, 0.717) is 12.2 Å². The fraction of sp³-hybridized carbons (Fsp3) is 0.0909. The highest BCUT2D eigenvalue weighted by Gasteiger charge is 2.10. The number of aromatic nitrogens is 1. The van der Waals surface area contributed by atoms with E-state index in [4.69, 9.17) is 5.73 Å². The molecular formula is C11H10IN3OS. The van der Waals surface area contributed by atoms with Crippen LogP contribution in [0.5, 0.6) is 0 Å². The van der Waals surface area contributed by atoms with Gasteiger partial charge in [-0.2, -0.15) is 0 Å². The van der Waals surface area contributed by atoms with E-state index in [1.807, 2.05) is 24.3 Å². The van der Waals surface area contributed by atoms with E-state index in [1.165, 1.54) is 11.3 Å². The van der Waals surface area contributed by atoms with Gasteiger partial charge in [-0.25, -0.2) is 4.98 Å². The molecule has 0 unspecified atom stereocenters. The van der Waals surface area contributed by atoms with Crippen LogP contribution in [0.25, 0.3) is 0 Å². The molecule has 1 heterocycles. The van der Waals surface area contributed by atoms with Crippen LogP contribution in [-0.2, 0) is 6.54 Å². The normalized spacial score (nSPS) is 10.2. The van der Waals surface area contributed by atoms with Crippen LogP contribution in [0.2, 0.25) is 0 Å². The topological polar surface area (TPSA) is 68.0 Å². The molecule has 1 amide bonds. The Hall–Kier alpha value is -0.990. The second-order valence-electron chi connectivity index (χ2n) is 3.30. The molecule has 0 spiro atoms. The van der Waals surface area contributed by atoms with Crippen LogP contribution in [0.3, 0.4) is 0 Å². The Balaban J connectivity index is 2.11. The van der Waals surface area contributed by atoms with Crippen molar-refractivity contribution in [3.05, 3.63) is 43.9 Å². The quantitative estimate of drug-likeness (QED) is 0.828. The largest absolute Gasteiger partial charge is 0.325 e. The van der Waals surface area contributed by atoms with Gasteiger partial charge in [0.15, 0.2) is 0 Å². The first-order valence-electron chi connectivity index (χ1n) is 4.90. The average molecular weight is 359 g/mol. The summed E-state index contributed by atoms with van der Waals surface area (Å²) < 4.78 is 1.07. The minimum atomic E-state index is -0.206. The monoisotopic (exact) mass is 359 g/mol. The zero-order valence-corrected chi connectivity index (χ0v) is 11.8. The molecule has 6 heteroatoms. The molecule has 3 N–H and O–H groups in total. The van der Waals surface area contributed by atoms with Gasteiger partial charge >= 0.3 is 0 Å². The number of thiazole rings is 1. The number of halogens is 1. The molecule has 1 aromatic heterocycles. The maximum absolute atomic E-state index is 11.8. The van der Waals surface area contributed by atoms with E-state index in [0.717, 1.165) is 14.3 Å². The molecule has 0 bridgehead atoms. The van der Waals surface area contributed by atoms with Gasteiger partial charge in [0.25, 0.3) is 5.91 Å². The second kappa shape index (κ2) is 5.56. The van der Waals surface area contributed by atoms with Crippen LogP contribution in [0.15, 0.2) is 29.6 Å². The standard InChI is InChI=1S/C11H10IN3OS/c12-7-2-1-3-8(4-7)14-11(16)9-6-17-10(5-13)15-9/h1-4,6H,5,13H2,(H,14,16). The number of rotatable bonds is 3. The van der Waals surface area contributed by atoms with Crippen molar-refractivity contribution in [3.63, 3.8) is 0 Å². The highest BCUT2D eigenvalue weighted by atomic mass is 127. The van der Waals surface area contributed by atoms with Gasteiger partial charge in [0.2, 0.25) is 0 Å². The lowest BCUT2D eigenvalue weighted by Gasteiger charge is -2.03. The first-order chi connectivity index (χ1) is 8.19. The van der Waals surface area contributed by atoms with E-state index in [2.05, 4.69) is 32.9 Å². The Bertz CT molecular complexity index is 541. The van der Waals surface area contributed by atoms with Crippen LogP contribution in [-0.4, -0.2) is 10.9 Å². The minimum absolute atomic E-state index is 0.206. The van der Waals surface area contributed by atoms with Gasteiger partial charge in [-0.05, 0) is 40.8 Å². The summed E-state index contributed by atoms with van der Waals surface area (Å²) >= 11 is 3.59. The molecule has 0 fully saturated rings. The van der Waals surface area contributed by atoms with Gasteiger partial charge in [-0.1, -0.05) is 6.07 Å². The Morgan fingerprint density at radius 3 is 3.00 bits per heavy atom. The maximum Gasteiger partial charge on any atom is 0.275 e. The Morgan fingerprint density at radius 2 is 2.35 bits per heavy atom. The fourth-order valence-electron chi connectivity index (χ4n) is 1.27. The molecule has 0 radical (unpaired) electrons. The summed E-state index contributed by atoms with van der Waals surface area (Å²) in [7, 11) is 0. The Kier molecular flexibility index (Phi) is 4.08. The number of anilines is 1. The molecular weight excluding hydrogens is 349 g/mol. The predicted octanol–water partition coefficient (Wildman–Crippen LogP) is 2.46. The molecule has 17 heavy (non-hydrogen) atoms. The molecule has 2 rings (SSSR count). The Morgan fingerprint density at radius 1 is 1.53 bits per heavy atom. The van der Waals surface area contributed by atoms with Crippen molar-refractivity contribution in [2.75, 3.05) is 5.32 Å². The number of hydrogen-bond donors (Lipinski definition) is 2. The van der Waals surface area contributed by atoms with Crippen LogP contribution < -0.4 is 11.1 Å².